The first kappa shape index (κ1) is 8.35. The van der Waals surface area contributed by atoms with Crippen molar-refractivity contribution in [2.75, 3.05) is 5.33 Å². The smallest absolute Gasteiger partial charge is 0.185 e. The van der Waals surface area contributed by atoms with Crippen LogP contribution in [0, 0.1) is 11.8 Å². The number of rotatable bonds is 1. The number of nitrogens with zero attached hydrogens (tertiary/aromatic N) is 2. The minimum absolute atomic E-state index is 0.825. The van der Waals surface area contributed by atoms with E-state index in [1.165, 1.54) is 0 Å². The summed E-state index contributed by atoms with van der Waals surface area (Å²) in [5.74, 6) is 6.79. The zero-order valence-corrected chi connectivity index (χ0v) is 7.93. The van der Waals surface area contributed by atoms with Crippen molar-refractivity contribution < 1.29 is 0 Å². The van der Waals surface area contributed by atoms with Gasteiger partial charge in [-0.2, -0.15) is 0 Å². The van der Waals surface area contributed by atoms with Crippen LogP contribution >= 0.6 is 15.9 Å². The topological polar surface area (TPSA) is 17.8 Å². The fraction of sp³-hybridized carbons (Fsp3) is 0.375. The lowest BCUT2D eigenvalue weighted by Gasteiger charge is -1.88. The van der Waals surface area contributed by atoms with Gasteiger partial charge in [0, 0.05) is 31.2 Å². The van der Waals surface area contributed by atoms with Crippen LogP contribution in [0.2, 0.25) is 0 Å². The van der Waals surface area contributed by atoms with E-state index in [1.807, 2.05) is 17.8 Å². The van der Waals surface area contributed by atoms with E-state index in [2.05, 4.69) is 32.8 Å². The minimum Gasteiger partial charge on any atom is -0.327 e. The summed E-state index contributed by atoms with van der Waals surface area (Å²) in [6.45, 7) is 0. The number of hydrogen-bond donors (Lipinski definition) is 0. The van der Waals surface area contributed by atoms with E-state index in [-0.39, 0.29) is 0 Å². The molecular formula is C8H9BrN2. The van der Waals surface area contributed by atoms with Gasteiger partial charge in [-0.1, -0.05) is 21.9 Å². The standard InChI is InChI=1S/C8H9BrN2/c1-11-7-6-10-8(11)4-2-3-5-9/h6-7H,3,5H2,1H3. The minimum atomic E-state index is 0.825. The van der Waals surface area contributed by atoms with Gasteiger partial charge in [-0.25, -0.2) is 4.98 Å². The maximum Gasteiger partial charge on any atom is 0.185 e. The lowest BCUT2D eigenvalue weighted by Crippen LogP contribution is -1.90. The van der Waals surface area contributed by atoms with Crippen molar-refractivity contribution in [3.05, 3.63) is 18.2 Å². The fourth-order valence-electron chi connectivity index (χ4n) is 0.675. The van der Waals surface area contributed by atoms with Crippen LogP contribution in [-0.2, 0) is 7.05 Å². The van der Waals surface area contributed by atoms with E-state index < -0.39 is 0 Å². The Morgan fingerprint density at radius 3 is 3.09 bits per heavy atom. The summed E-state index contributed by atoms with van der Waals surface area (Å²) >= 11 is 3.30. The van der Waals surface area contributed by atoms with Gasteiger partial charge in [0.1, 0.15) is 0 Å². The predicted molar refractivity (Wildman–Crippen MR) is 48.5 cm³/mol. The Bertz CT molecular complexity index is 280. The van der Waals surface area contributed by atoms with Gasteiger partial charge in [0.2, 0.25) is 0 Å². The van der Waals surface area contributed by atoms with Gasteiger partial charge in [0.15, 0.2) is 5.82 Å². The second-order valence-electron chi connectivity index (χ2n) is 2.10. The maximum absolute atomic E-state index is 4.06. The van der Waals surface area contributed by atoms with Crippen molar-refractivity contribution >= 4 is 15.9 Å². The molecule has 1 aromatic rings. The molecule has 0 aromatic carbocycles. The largest absolute Gasteiger partial charge is 0.327 e. The molecule has 1 heterocycles. The van der Waals surface area contributed by atoms with Crippen LogP contribution in [0.3, 0.4) is 0 Å². The highest BCUT2D eigenvalue weighted by Crippen LogP contribution is 1.91. The van der Waals surface area contributed by atoms with Crippen LogP contribution in [0.15, 0.2) is 12.4 Å². The molecule has 11 heavy (non-hydrogen) atoms. The summed E-state index contributed by atoms with van der Waals surface area (Å²) in [6, 6.07) is 0. The molecule has 2 nitrogen and oxygen atoms in total. The van der Waals surface area contributed by atoms with E-state index in [4.69, 9.17) is 0 Å². The molecule has 0 saturated carbocycles. The zero-order chi connectivity index (χ0) is 8.10. The zero-order valence-electron chi connectivity index (χ0n) is 6.34. The summed E-state index contributed by atoms with van der Waals surface area (Å²) in [7, 11) is 1.94. The Hall–Kier alpha value is -0.750. The number of alkyl halides is 1. The molecule has 0 bridgehead atoms. The van der Waals surface area contributed by atoms with E-state index in [0.29, 0.717) is 0 Å². The molecule has 0 atom stereocenters. The molecule has 58 valence electrons. The molecule has 0 N–H and O–H groups in total. The van der Waals surface area contributed by atoms with Crippen molar-refractivity contribution in [3.63, 3.8) is 0 Å². The second-order valence-corrected chi connectivity index (χ2v) is 2.90. The van der Waals surface area contributed by atoms with Crippen molar-refractivity contribution in [1.29, 1.82) is 0 Å². The van der Waals surface area contributed by atoms with Gasteiger partial charge in [0.25, 0.3) is 0 Å². The van der Waals surface area contributed by atoms with Crippen molar-refractivity contribution in [3.8, 4) is 11.8 Å². The van der Waals surface area contributed by atoms with Gasteiger partial charge in [-0.05, 0) is 5.92 Å². The molecule has 0 radical (unpaired) electrons. The summed E-state index contributed by atoms with van der Waals surface area (Å²) < 4.78 is 1.90. The monoisotopic (exact) mass is 212 g/mol. The van der Waals surface area contributed by atoms with Crippen LogP contribution in [-0.4, -0.2) is 14.9 Å². The highest BCUT2D eigenvalue weighted by atomic mass is 79.9. The number of aromatic nitrogens is 2. The maximum atomic E-state index is 4.06. The number of hydrogen-bond acceptors (Lipinski definition) is 1. The van der Waals surface area contributed by atoms with E-state index in [0.717, 1.165) is 17.6 Å². The molecule has 0 unspecified atom stereocenters. The van der Waals surface area contributed by atoms with Crippen LogP contribution in [0.25, 0.3) is 0 Å². The van der Waals surface area contributed by atoms with Crippen LogP contribution < -0.4 is 0 Å². The normalized spacial score (nSPS) is 8.91. The van der Waals surface area contributed by atoms with Gasteiger partial charge in [0.05, 0.1) is 0 Å². The number of imidazole rings is 1. The highest BCUT2D eigenvalue weighted by molar-refractivity contribution is 9.09. The Kier molecular flexibility index (Phi) is 3.18. The van der Waals surface area contributed by atoms with E-state index in [9.17, 15) is 0 Å². The molecule has 0 aliphatic rings. The van der Waals surface area contributed by atoms with Crippen LogP contribution in [0.1, 0.15) is 12.2 Å². The molecule has 0 aliphatic carbocycles. The first-order valence-corrected chi connectivity index (χ1v) is 4.49. The second kappa shape index (κ2) is 4.20. The van der Waals surface area contributed by atoms with E-state index >= 15 is 0 Å². The SMILES string of the molecule is Cn1ccnc1C#CCCBr. The predicted octanol–water partition coefficient (Wildman–Crippen LogP) is 1.56. The van der Waals surface area contributed by atoms with Gasteiger partial charge >= 0.3 is 0 Å². The Balaban J connectivity index is 2.65. The molecule has 0 saturated heterocycles. The van der Waals surface area contributed by atoms with Crippen LogP contribution in [0.4, 0.5) is 0 Å². The van der Waals surface area contributed by atoms with Crippen molar-refractivity contribution in [2.45, 2.75) is 6.42 Å². The molecular weight excluding hydrogens is 204 g/mol. The summed E-state index contributed by atoms with van der Waals surface area (Å²) in [5, 5.41) is 0.921. The quantitative estimate of drug-likeness (QED) is 0.511. The average Bonchev–Trinajstić information content (AvgIpc) is 2.37. The summed E-state index contributed by atoms with van der Waals surface area (Å²) in [5.41, 5.74) is 0. The number of aryl methyl sites for hydroxylation is 1. The van der Waals surface area contributed by atoms with Gasteiger partial charge in [-0.3, -0.25) is 0 Å². The summed E-state index contributed by atoms with van der Waals surface area (Å²) in [6.07, 6.45) is 4.50. The lowest BCUT2D eigenvalue weighted by molar-refractivity contribution is 0.893. The van der Waals surface area contributed by atoms with E-state index in [1.54, 1.807) is 6.20 Å². The molecule has 0 amide bonds. The molecule has 1 rings (SSSR count). The highest BCUT2D eigenvalue weighted by Gasteiger charge is 1.89. The van der Waals surface area contributed by atoms with Gasteiger partial charge < -0.3 is 4.57 Å². The van der Waals surface area contributed by atoms with Crippen molar-refractivity contribution in [1.82, 2.24) is 9.55 Å². The Morgan fingerprint density at radius 1 is 1.73 bits per heavy atom. The average molecular weight is 213 g/mol. The third kappa shape index (κ3) is 2.39. The van der Waals surface area contributed by atoms with Crippen molar-refractivity contribution in [2.24, 2.45) is 7.05 Å². The molecule has 0 fully saturated rings. The molecule has 0 aliphatic heterocycles. The summed E-state index contributed by atoms with van der Waals surface area (Å²) in [4.78, 5) is 4.06. The molecule has 3 heteroatoms. The first-order valence-electron chi connectivity index (χ1n) is 3.36. The molecule has 0 spiro atoms. The Labute approximate surface area is 74.8 Å². The fourth-order valence-corrected chi connectivity index (χ4v) is 0.873. The van der Waals surface area contributed by atoms with Gasteiger partial charge in [-0.15, -0.1) is 0 Å². The third-order valence-corrected chi connectivity index (χ3v) is 1.64. The lowest BCUT2D eigenvalue weighted by atomic mass is 10.4. The number of halogens is 1. The Morgan fingerprint density at radius 2 is 2.55 bits per heavy atom. The van der Waals surface area contributed by atoms with Crippen LogP contribution in [0.5, 0.6) is 0 Å². The first-order chi connectivity index (χ1) is 5.34. The molecule has 1 aromatic heterocycles. The third-order valence-electron chi connectivity index (χ3n) is 1.24.